The second-order valence-corrected chi connectivity index (χ2v) is 8.96. The molecular weight excluding hydrogens is 388 g/mol. The zero-order chi connectivity index (χ0) is 19.4. The Hall–Kier alpha value is -2.23. The van der Waals surface area contributed by atoms with Crippen molar-refractivity contribution in [1.82, 2.24) is 4.31 Å². The highest BCUT2D eigenvalue weighted by molar-refractivity contribution is 7.89. The maximum Gasteiger partial charge on any atom is 0.349 e. The largest absolute Gasteiger partial charge is 0.465 e. The van der Waals surface area contributed by atoms with Gasteiger partial charge in [0.05, 0.1) is 7.11 Å². The highest BCUT2D eigenvalue weighted by Crippen LogP contribution is 2.29. The number of thiophene rings is 1. The lowest BCUT2D eigenvalue weighted by Crippen LogP contribution is -2.41. The van der Waals surface area contributed by atoms with Crippen molar-refractivity contribution in [3.8, 4) is 0 Å². The molecule has 1 saturated heterocycles. The number of nitrogens with one attached hydrogen (secondary N) is 1. The van der Waals surface area contributed by atoms with Crippen LogP contribution in [0.25, 0.3) is 0 Å². The molecule has 1 aromatic heterocycles. The maximum atomic E-state index is 12.9. The summed E-state index contributed by atoms with van der Waals surface area (Å²) in [5.41, 5.74) is 0.721. The van der Waals surface area contributed by atoms with E-state index in [2.05, 4.69) is 10.1 Å². The Bertz CT molecular complexity index is 916. The number of hydrogen-bond donors (Lipinski definition) is 1. The van der Waals surface area contributed by atoms with Crippen molar-refractivity contribution in [1.29, 1.82) is 0 Å². The number of nitrogens with zero attached hydrogens (tertiary/aromatic N) is 1. The van der Waals surface area contributed by atoms with Gasteiger partial charge in [-0.2, -0.15) is 4.31 Å². The number of sulfonamides is 1. The quantitative estimate of drug-likeness (QED) is 0.768. The van der Waals surface area contributed by atoms with Crippen molar-refractivity contribution in [3.63, 3.8) is 0 Å². The van der Waals surface area contributed by atoms with Gasteiger partial charge >= 0.3 is 5.97 Å². The smallest absolute Gasteiger partial charge is 0.349 e. The minimum absolute atomic E-state index is 0.0356. The fraction of sp³-hybridized carbons (Fsp3) is 0.333. The third-order valence-corrected chi connectivity index (χ3v) is 7.45. The molecule has 9 heteroatoms. The van der Waals surface area contributed by atoms with Gasteiger partial charge in [-0.05, 0) is 36.4 Å². The topological polar surface area (TPSA) is 92.8 Å². The van der Waals surface area contributed by atoms with Crippen LogP contribution in [0.3, 0.4) is 0 Å². The molecule has 3 rings (SSSR count). The summed E-state index contributed by atoms with van der Waals surface area (Å²) in [4.78, 5) is 24.2. The van der Waals surface area contributed by atoms with Crippen LogP contribution in [-0.4, -0.2) is 44.8 Å². The van der Waals surface area contributed by atoms with Crippen LogP contribution in [0, 0.1) is 5.92 Å². The molecule has 2 aromatic rings. The molecule has 1 aliphatic rings. The van der Waals surface area contributed by atoms with Gasteiger partial charge in [0.25, 0.3) is 0 Å². The Labute approximate surface area is 162 Å². The summed E-state index contributed by atoms with van der Waals surface area (Å²) in [5.74, 6) is -1.02. The summed E-state index contributed by atoms with van der Waals surface area (Å²) in [5, 5.41) is 4.41. The summed E-state index contributed by atoms with van der Waals surface area (Å²) in [6, 6.07) is 10.6. The first-order chi connectivity index (χ1) is 12.9. The first-order valence-electron chi connectivity index (χ1n) is 8.45. The van der Waals surface area contributed by atoms with Gasteiger partial charge in [-0.1, -0.05) is 18.2 Å². The van der Waals surface area contributed by atoms with Gasteiger partial charge in [-0.25, -0.2) is 13.2 Å². The highest BCUT2D eigenvalue weighted by Gasteiger charge is 2.35. The van der Waals surface area contributed by atoms with Crippen molar-refractivity contribution in [2.24, 2.45) is 5.92 Å². The van der Waals surface area contributed by atoms with E-state index in [-0.39, 0.29) is 34.7 Å². The molecule has 0 aliphatic carbocycles. The Morgan fingerprint density at radius 2 is 1.81 bits per heavy atom. The molecule has 0 saturated carbocycles. The molecule has 7 nitrogen and oxygen atoms in total. The zero-order valence-electron chi connectivity index (χ0n) is 14.8. The van der Waals surface area contributed by atoms with Crippen molar-refractivity contribution < 1.29 is 22.7 Å². The van der Waals surface area contributed by atoms with E-state index < -0.39 is 16.0 Å². The number of methoxy groups -OCH3 is 1. The molecule has 0 bridgehead atoms. The first-order valence-corrected chi connectivity index (χ1v) is 10.8. The lowest BCUT2D eigenvalue weighted by atomic mass is 9.97. The number of hydrogen-bond acceptors (Lipinski definition) is 6. The molecule has 0 spiro atoms. The molecule has 27 heavy (non-hydrogen) atoms. The third kappa shape index (κ3) is 4.20. The lowest BCUT2D eigenvalue weighted by molar-refractivity contribution is -0.120. The van der Waals surface area contributed by atoms with Crippen molar-refractivity contribution >= 4 is 38.9 Å². The Morgan fingerprint density at radius 1 is 1.15 bits per heavy atom. The summed E-state index contributed by atoms with van der Waals surface area (Å²) in [6.07, 6.45) is 0.852. The van der Waals surface area contributed by atoms with Gasteiger partial charge in [0.15, 0.2) is 0 Å². The molecule has 1 aliphatic heterocycles. The van der Waals surface area contributed by atoms with Gasteiger partial charge in [0.1, 0.15) is 9.77 Å². The Kier molecular flexibility index (Phi) is 5.93. The zero-order valence-corrected chi connectivity index (χ0v) is 16.4. The number of anilines is 1. The van der Waals surface area contributed by atoms with Gasteiger partial charge in [0, 0.05) is 24.7 Å². The number of ether oxygens (including phenoxy) is 1. The van der Waals surface area contributed by atoms with Crippen LogP contribution in [0.2, 0.25) is 0 Å². The fourth-order valence-electron chi connectivity index (χ4n) is 3.01. The van der Waals surface area contributed by atoms with Crippen LogP contribution < -0.4 is 5.32 Å². The monoisotopic (exact) mass is 408 g/mol. The molecule has 0 atom stereocenters. The van der Waals surface area contributed by atoms with E-state index in [1.807, 2.05) is 30.3 Å². The van der Waals surface area contributed by atoms with Gasteiger partial charge in [-0.3, -0.25) is 4.79 Å². The predicted molar refractivity (Wildman–Crippen MR) is 102 cm³/mol. The van der Waals surface area contributed by atoms with Gasteiger partial charge < -0.3 is 10.1 Å². The first kappa shape index (κ1) is 19.5. The molecule has 1 N–H and O–H groups in total. The van der Waals surface area contributed by atoms with E-state index in [4.69, 9.17) is 0 Å². The molecule has 2 heterocycles. The molecule has 0 unspecified atom stereocenters. The SMILES string of the molecule is COC(=O)c1sccc1S(=O)(=O)N1CCC(C(=O)Nc2ccccc2)CC1. The molecule has 0 radical (unpaired) electrons. The van der Waals surface area contributed by atoms with Crippen molar-refractivity contribution in [2.45, 2.75) is 17.7 Å². The predicted octanol–water partition coefficient (Wildman–Crippen LogP) is 2.57. The standard InChI is InChI=1S/C18H20N2O5S2/c1-25-18(22)16-15(9-12-26-16)27(23,24)20-10-7-13(8-11-20)17(21)19-14-5-3-2-4-6-14/h2-6,9,12-13H,7-8,10-11H2,1H3,(H,19,21). The van der Waals surface area contributed by atoms with Crippen LogP contribution in [0.1, 0.15) is 22.5 Å². The second-order valence-electron chi connectivity index (χ2n) is 6.14. The lowest BCUT2D eigenvalue weighted by Gasteiger charge is -2.30. The van der Waals surface area contributed by atoms with Crippen LogP contribution in [0.15, 0.2) is 46.7 Å². The number of carbonyl (C=O) groups is 2. The fourth-order valence-corrected chi connectivity index (χ4v) is 5.78. The summed E-state index contributed by atoms with van der Waals surface area (Å²) >= 11 is 1.04. The van der Waals surface area contributed by atoms with Crippen LogP contribution in [0.5, 0.6) is 0 Å². The minimum atomic E-state index is -3.80. The van der Waals surface area contributed by atoms with E-state index in [9.17, 15) is 18.0 Å². The summed E-state index contributed by atoms with van der Waals surface area (Å²) < 4.78 is 31.7. The normalized spacial score (nSPS) is 16.0. The number of esters is 1. The number of para-hydroxylation sites is 1. The van der Waals surface area contributed by atoms with E-state index in [1.165, 1.54) is 17.5 Å². The van der Waals surface area contributed by atoms with Gasteiger partial charge in [-0.15, -0.1) is 11.3 Å². The summed E-state index contributed by atoms with van der Waals surface area (Å²) in [6.45, 7) is 0.456. The van der Waals surface area contributed by atoms with E-state index in [0.717, 1.165) is 17.0 Å². The van der Waals surface area contributed by atoms with E-state index in [1.54, 1.807) is 5.38 Å². The highest BCUT2D eigenvalue weighted by atomic mass is 32.2. The number of carbonyl (C=O) groups excluding carboxylic acids is 2. The average molecular weight is 409 g/mol. The molecule has 1 aromatic carbocycles. The van der Waals surface area contributed by atoms with Gasteiger partial charge in [0.2, 0.25) is 15.9 Å². The average Bonchev–Trinajstić information content (AvgIpc) is 3.19. The van der Waals surface area contributed by atoms with Crippen LogP contribution in [0.4, 0.5) is 5.69 Å². The van der Waals surface area contributed by atoms with Crippen LogP contribution >= 0.6 is 11.3 Å². The van der Waals surface area contributed by atoms with Crippen molar-refractivity contribution in [3.05, 3.63) is 46.7 Å². The van der Waals surface area contributed by atoms with E-state index in [0.29, 0.717) is 12.8 Å². The molecule has 144 valence electrons. The number of piperidine rings is 1. The molecular formula is C18H20N2O5S2. The second kappa shape index (κ2) is 8.20. The summed E-state index contributed by atoms with van der Waals surface area (Å²) in [7, 11) is -2.58. The molecule has 1 amide bonds. The Morgan fingerprint density at radius 3 is 2.44 bits per heavy atom. The third-order valence-electron chi connectivity index (χ3n) is 4.48. The number of benzene rings is 1. The Balaban J connectivity index is 1.66. The number of rotatable bonds is 5. The van der Waals surface area contributed by atoms with E-state index >= 15 is 0 Å². The number of amides is 1. The maximum absolute atomic E-state index is 12.9. The minimum Gasteiger partial charge on any atom is -0.465 e. The molecule has 1 fully saturated rings. The van der Waals surface area contributed by atoms with Crippen LogP contribution in [-0.2, 0) is 19.6 Å². The van der Waals surface area contributed by atoms with Crippen molar-refractivity contribution in [2.75, 3.05) is 25.5 Å².